The summed E-state index contributed by atoms with van der Waals surface area (Å²) in [5, 5.41) is 0.319. The fourth-order valence-corrected chi connectivity index (χ4v) is 3.62. The van der Waals surface area contributed by atoms with Crippen molar-refractivity contribution in [2.24, 2.45) is 4.99 Å². The van der Waals surface area contributed by atoms with Gasteiger partial charge in [-0.2, -0.15) is 0 Å². The number of aliphatic imine (C=N–C) groups is 1. The molecule has 0 amide bonds. The summed E-state index contributed by atoms with van der Waals surface area (Å²) in [5.41, 5.74) is 1.65. The predicted molar refractivity (Wildman–Crippen MR) is 105 cm³/mol. The second-order valence-corrected chi connectivity index (χ2v) is 8.02. The summed E-state index contributed by atoms with van der Waals surface area (Å²) < 4.78 is 40.9. The third kappa shape index (κ3) is 5.44. The number of sulfonamides is 1. The van der Waals surface area contributed by atoms with Gasteiger partial charge in [0.1, 0.15) is 5.82 Å². The number of halogens is 2. The Hall–Kier alpha value is -2.12. The topological polar surface area (TPSA) is 61.8 Å². The Balaban J connectivity index is 2.22. The lowest BCUT2D eigenvalue weighted by Crippen LogP contribution is -2.16. The molecule has 0 atom stereocenters. The summed E-state index contributed by atoms with van der Waals surface area (Å²) in [4.78, 5) is 6.18. The van der Waals surface area contributed by atoms with Crippen LogP contribution in [0.2, 0.25) is 5.02 Å². The number of anilines is 1. The lowest BCUT2D eigenvalue weighted by atomic mass is 10.2. The second kappa shape index (κ2) is 8.51. The second-order valence-electron chi connectivity index (χ2n) is 5.89. The molecule has 2 aromatic rings. The average Bonchev–Trinajstić information content (AvgIpc) is 2.58. The van der Waals surface area contributed by atoms with Crippen molar-refractivity contribution in [3.8, 4) is 0 Å². The molecule has 1 N–H and O–H groups in total. The number of nitrogens with one attached hydrogen (secondary N) is 1. The maximum atomic E-state index is 13.7. The van der Waals surface area contributed by atoms with E-state index in [-0.39, 0.29) is 5.56 Å². The van der Waals surface area contributed by atoms with Crippen LogP contribution in [0.25, 0.3) is 0 Å². The molecular formula is C18H21ClFN3O2S. The number of benzene rings is 2. The minimum absolute atomic E-state index is 0.104. The Kier molecular flexibility index (Phi) is 6.61. The molecule has 0 fully saturated rings. The molecule has 0 saturated heterocycles. The van der Waals surface area contributed by atoms with Crippen LogP contribution in [0.15, 0.2) is 41.4 Å². The highest BCUT2D eigenvalue weighted by Gasteiger charge is 2.16. The normalized spacial score (nSPS) is 11.7. The Morgan fingerprint density at radius 1 is 1.31 bits per heavy atom. The van der Waals surface area contributed by atoms with Crippen LogP contribution in [-0.4, -0.2) is 33.2 Å². The molecule has 0 heterocycles. The van der Waals surface area contributed by atoms with Gasteiger partial charge in [0.2, 0.25) is 10.0 Å². The van der Waals surface area contributed by atoms with Crippen molar-refractivity contribution in [1.82, 2.24) is 4.90 Å². The molecule has 0 bridgehead atoms. The zero-order chi connectivity index (χ0) is 19.3. The molecule has 140 valence electrons. The van der Waals surface area contributed by atoms with E-state index in [1.165, 1.54) is 24.3 Å². The van der Waals surface area contributed by atoms with Gasteiger partial charge in [-0.05, 0) is 37.6 Å². The largest absolute Gasteiger partial charge is 0.366 e. The van der Waals surface area contributed by atoms with Crippen molar-refractivity contribution in [2.75, 3.05) is 18.3 Å². The monoisotopic (exact) mass is 397 g/mol. The van der Waals surface area contributed by atoms with E-state index in [9.17, 15) is 12.8 Å². The molecule has 0 spiro atoms. The molecule has 0 aliphatic rings. The van der Waals surface area contributed by atoms with E-state index in [1.807, 2.05) is 18.9 Å². The first-order valence-electron chi connectivity index (χ1n) is 8.00. The number of nitrogens with zero attached hydrogens (tertiary/aromatic N) is 2. The number of rotatable bonds is 7. The van der Waals surface area contributed by atoms with Gasteiger partial charge >= 0.3 is 0 Å². The Morgan fingerprint density at radius 2 is 2.00 bits per heavy atom. The zero-order valence-corrected chi connectivity index (χ0v) is 16.4. The first-order chi connectivity index (χ1) is 12.2. The fraction of sp³-hybridized carbons (Fsp3) is 0.278. The zero-order valence-electron chi connectivity index (χ0n) is 14.8. The standard InChI is InChI=1S/C18H21ClFN3O2S/c1-4-23(3)12-21-18-9-13(2)17(10-15(18)19)22-26(24,25)11-14-7-5-6-8-16(14)20/h5-10,12,22H,4,11H2,1-3H3/b21-12-. The van der Waals surface area contributed by atoms with E-state index in [1.54, 1.807) is 25.4 Å². The summed E-state index contributed by atoms with van der Waals surface area (Å²) in [7, 11) is -1.90. The van der Waals surface area contributed by atoms with Crippen LogP contribution >= 0.6 is 11.6 Å². The molecule has 26 heavy (non-hydrogen) atoms. The smallest absolute Gasteiger partial charge is 0.237 e. The quantitative estimate of drug-likeness (QED) is 0.558. The molecule has 0 aliphatic heterocycles. The summed E-state index contributed by atoms with van der Waals surface area (Å²) in [6.45, 7) is 4.54. The van der Waals surface area contributed by atoms with Crippen molar-refractivity contribution in [2.45, 2.75) is 19.6 Å². The van der Waals surface area contributed by atoms with Gasteiger partial charge in [-0.1, -0.05) is 29.8 Å². The van der Waals surface area contributed by atoms with Crippen molar-refractivity contribution < 1.29 is 12.8 Å². The van der Waals surface area contributed by atoms with Gasteiger partial charge in [0.05, 0.1) is 28.5 Å². The van der Waals surface area contributed by atoms with Crippen molar-refractivity contribution in [3.63, 3.8) is 0 Å². The minimum Gasteiger partial charge on any atom is -0.366 e. The van der Waals surface area contributed by atoms with Crippen molar-refractivity contribution in [1.29, 1.82) is 0 Å². The number of hydrogen-bond acceptors (Lipinski definition) is 3. The molecule has 0 aromatic heterocycles. The van der Waals surface area contributed by atoms with Gasteiger partial charge in [0, 0.05) is 19.2 Å². The highest BCUT2D eigenvalue weighted by molar-refractivity contribution is 7.91. The van der Waals surface area contributed by atoms with Crippen LogP contribution in [0.4, 0.5) is 15.8 Å². The molecular weight excluding hydrogens is 377 g/mol. The van der Waals surface area contributed by atoms with Gasteiger partial charge in [-0.25, -0.2) is 17.8 Å². The van der Waals surface area contributed by atoms with Gasteiger partial charge in [0.25, 0.3) is 0 Å². The maximum absolute atomic E-state index is 13.7. The number of aryl methyl sites for hydroxylation is 1. The van der Waals surface area contributed by atoms with Crippen LogP contribution in [0, 0.1) is 12.7 Å². The van der Waals surface area contributed by atoms with E-state index < -0.39 is 21.6 Å². The first kappa shape index (κ1) is 20.2. The molecule has 0 saturated carbocycles. The van der Waals surface area contributed by atoms with E-state index in [4.69, 9.17) is 11.6 Å². The lowest BCUT2D eigenvalue weighted by molar-refractivity contribution is 0.552. The van der Waals surface area contributed by atoms with E-state index in [0.717, 1.165) is 6.54 Å². The van der Waals surface area contributed by atoms with Crippen LogP contribution in [0.5, 0.6) is 0 Å². The van der Waals surface area contributed by atoms with Crippen molar-refractivity contribution in [3.05, 3.63) is 58.4 Å². The third-order valence-corrected chi connectivity index (χ3v) is 5.28. The van der Waals surface area contributed by atoms with E-state index in [2.05, 4.69) is 9.71 Å². The molecule has 8 heteroatoms. The highest BCUT2D eigenvalue weighted by Crippen LogP contribution is 2.31. The molecule has 0 radical (unpaired) electrons. The highest BCUT2D eigenvalue weighted by atomic mass is 35.5. The van der Waals surface area contributed by atoms with E-state index in [0.29, 0.717) is 22.0 Å². The third-order valence-electron chi connectivity index (χ3n) is 3.76. The summed E-state index contributed by atoms with van der Waals surface area (Å²) in [5.74, 6) is -1.02. The fourth-order valence-electron chi connectivity index (χ4n) is 2.14. The van der Waals surface area contributed by atoms with Gasteiger partial charge in [-0.3, -0.25) is 4.72 Å². The Labute approximate surface area is 158 Å². The number of hydrogen-bond donors (Lipinski definition) is 1. The van der Waals surface area contributed by atoms with Crippen LogP contribution < -0.4 is 4.72 Å². The van der Waals surface area contributed by atoms with Crippen LogP contribution in [0.3, 0.4) is 0 Å². The average molecular weight is 398 g/mol. The minimum atomic E-state index is -3.79. The van der Waals surface area contributed by atoms with Gasteiger partial charge < -0.3 is 4.90 Å². The summed E-state index contributed by atoms with van der Waals surface area (Å²) in [6, 6.07) is 8.98. The SMILES string of the molecule is CCN(C)/C=N\c1cc(C)c(NS(=O)(=O)Cc2ccccc2F)cc1Cl. The van der Waals surface area contributed by atoms with E-state index >= 15 is 0 Å². The Morgan fingerprint density at radius 3 is 2.65 bits per heavy atom. The lowest BCUT2D eigenvalue weighted by Gasteiger charge is -2.13. The van der Waals surface area contributed by atoms with Gasteiger partial charge in [0.15, 0.2) is 0 Å². The molecule has 0 unspecified atom stereocenters. The predicted octanol–water partition coefficient (Wildman–Crippen LogP) is 4.34. The van der Waals surface area contributed by atoms with Crippen molar-refractivity contribution >= 4 is 39.3 Å². The Bertz CT molecular complexity index is 917. The maximum Gasteiger partial charge on any atom is 0.237 e. The summed E-state index contributed by atoms with van der Waals surface area (Å²) >= 11 is 6.22. The van der Waals surface area contributed by atoms with Gasteiger partial charge in [-0.15, -0.1) is 0 Å². The first-order valence-corrected chi connectivity index (χ1v) is 10.0. The molecule has 5 nitrogen and oxygen atoms in total. The summed E-state index contributed by atoms with van der Waals surface area (Å²) in [6.07, 6.45) is 1.66. The molecule has 2 rings (SSSR count). The molecule has 2 aromatic carbocycles. The van der Waals surface area contributed by atoms with Crippen LogP contribution in [-0.2, 0) is 15.8 Å². The molecule has 0 aliphatic carbocycles. The van der Waals surface area contributed by atoms with Crippen LogP contribution in [0.1, 0.15) is 18.1 Å².